The number of benzene rings is 1. The van der Waals surface area contributed by atoms with Gasteiger partial charge in [-0.25, -0.2) is 9.18 Å². The van der Waals surface area contributed by atoms with Gasteiger partial charge in [-0.05, 0) is 37.6 Å². The van der Waals surface area contributed by atoms with Gasteiger partial charge in [0.15, 0.2) is 0 Å². The molecule has 100 valence electrons. The predicted octanol–water partition coefficient (Wildman–Crippen LogP) is 2.89. The summed E-state index contributed by atoms with van der Waals surface area (Å²) >= 11 is 0. The lowest BCUT2D eigenvalue weighted by molar-refractivity contribution is 0.0683. The molecule has 0 aliphatic carbocycles. The Labute approximate surface area is 108 Å². The number of carbonyl (C=O) groups is 1. The van der Waals surface area contributed by atoms with E-state index in [9.17, 15) is 9.18 Å². The molecule has 1 aromatic heterocycles. The lowest BCUT2D eigenvalue weighted by Gasteiger charge is -1.99. The lowest BCUT2D eigenvalue weighted by Crippen LogP contribution is -2.01. The minimum absolute atomic E-state index is 0.0870. The molecule has 0 bridgehead atoms. The minimum atomic E-state index is -1.24. The van der Waals surface area contributed by atoms with Crippen LogP contribution < -0.4 is 4.74 Å². The maximum atomic E-state index is 13.2. The first kappa shape index (κ1) is 13.1. The first-order valence-corrected chi connectivity index (χ1v) is 5.66. The quantitative estimate of drug-likeness (QED) is 0.920. The van der Waals surface area contributed by atoms with Crippen molar-refractivity contribution in [3.63, 3.8) is 0 Å². The number of carboxylic acids is 1. The summed E-state index contributed by atoms with van der Waals surface area (Å²) in [7, 11) is 0. The first-order chi connectivity index (χ1) is 9.02. The van der Waals surface area contributed by atoms with E-state index in [4.69, 9.17) is 14.3 Å². The lowest BCUT2D eigenvalue weighted by atomic mass is 10.1. The van der Waals surface area contributed by atoms with Gasteiger partial charge in [0.2, 0.25) is 11.6 Å². The molecular weight excluding hydrogens is 253 g/mol. The summed E-state index contributed by atoms with van der Waals surface area (Å²) in [6, 6.07) is 4.27. The molecule has 0 radical (unpaired) electrons. The standard InChI is InChI=1S/C13H12FNO4/c1-3-18-13-10(12(16)17)15-11(19-13)8-4-5-9(14)7(2)6-8/h4-6H,3H2,1-2H3,(H,16,17). The highest BCUT2D eigenvalue weighted by Crippen LogP contribution is 2.28. The van der Waals surface area contributed by atoms with Crippen LogP contribution in [0.5, 0.6) is 5.95 Å². The van der Waals surface area contributed by atoms with Crippen LogP contribution in [0.25, 0.3) is 11.5 Å². The molecule has 0 unspecified atom stereocenters. The Bertz CT molecular complexity index is 621. The smallest absolute Gasteiger partial charge is 0.362 e. The zero-order valence-corrected chi connectivity index (χ0v) is 10.4. The Morgan fingerprint density at radius 1 is 1.53 bits per heavy atom. The van der Waals surface area contributed by atoms with Crippen LogP contribution >= 0.6 is 0 Å². The Hall–Kier alpha value is -2.37. The van der Waals surface area contributed by atoms with E-state index in [1.165, 1.54) is 18.2 Å². The molecule has 0 fully saturated rings. The van der Waals surface area contributed by atoms with E-state index >= 15 is 0 Å². The van der Waals surface area contributed by atoms with Crippen LogP contribution in [0.3, 0.4) is 0 Å². The maximum Gasteiger partial charge on any atom is 0.362 e. The second kappa shape index (κ2) is 5.09. The van der Waals surface area contributed by atoms with Gasteiger partial charge in [0, 0.05) is 5.56 Å². The van der Waals surface area contributed by atoms with Crippen LogP contribution in [0, 0.1) is 12.7 Å². The van der Waals surface area contributed by atoms with Crippen LogP contribution in [0.4, 0.5) is 4.39 Å². The number of hydrogen-bond acceptors (Lipinski definition) is 4. The van der Waals surface area contributed by atoms with E-state index in [-0.39, 0.29) is 30.0 Å². The summed E-state index contributed by atoms with van der Waals surface area (Å²) in [6.45, 7) is 3.57. The third-order valence-electron chi connectivity index (χ3n) is 2.48. The number of aromatic nitrogens is 1. The predicted molar refractivity (Wildman–Crippen MR) is 64.8 cm³/mol. The highest BCUT2D eigenvalue weighted by Gasteiger charge is 2.21. The average molecular weight is 265 g/mol. The zero-order chi connectivity index (χ0) is 14.0. The van der Waals surface area contributed by atoms with Crippen LogP contribution in [0.15, 0.2) is 22.6 Å². The van der Waals surface area contributed by atoms with Crippen LogP contribution in [-0.2, 0) is 0 Å². The van der Waals surface area contributed by atoms with Gasteiger partial charge in [-0.3, -0.25) is 0 Å². The highest BCUT2D eigenvalue weighted by atomic mass is 19.1. The van der Waals surface area contributed by atoms with E-state index in [1.807, 2.05) is 0 Å². The summed E-state index contributed by atoms with van der Waals surface area (Å²) in [6.07, 6.45) is 0. The fourth-order valence-corrected chi connectivity index (χ4v) is 1.57. The third-order valence-corrected chi connectivity index (χ3v) is 2.48. The second-order valence-corrected chi connectivity index (χ2v) is 3.86. The van der Waals surface area contributed by atoms with Crippen molar-refractivity contribution in [1.29, 1.82) is 0 Å². The Morgan fingerprint density at radius 2 is 2.26 bits per heavy atom. The molecule has 19 heavy (non-hydrogen) atoms. The summed E-state index contributed by atoms with van der Waals surface area (Å²) in [4.78, 5) is 14.9. The summed E-state index contributed by atoms with van der Waals surface area (Å²) in [5, 5.41) is 8.99. The minimum Gasteiger partial charge on any atom is -0.476 e. The van der Waals surface area contributed by atoms with Gasteiger partial charge >= 0.3 is 11.9 Å². The largest absolute Gasteiger partial charge is 0.476 e. The molecule has 1 aromatic carbocycles. The van der Waals surface area contributed by atoms with E-state index in [0.717, 1.165) is 0 Å². The van der Waals surface area contributed by atoms with Crippen molar-refractivity contribution in [1.82, 2.24) is 4.98 Å². The topological polar surface area (TPSA) is 72.6 Å². The molecule has 1 heterocycles. The van der Waals surface area contributed by atoms with Gasteiger partial charge in [0.25, 0.3) is 0 Å². The summed E-state index contributed by atoms with van der Waals surface area (Å²) < 4.78 is 23.5. The van der Waals surface area contributed by atoms with E-state index in [0.29, 0.717) is 11.1 Å². The number of hydrogen-bond donors (Lipinski definition) is 1. The fourth-order valence-electron chi connectivity index (χ4n) is 1.57. The van der Waals surface area contributed by atoms with Crippen molar-refractivity contribution in [2.45, 2.75) is 13.8 Å². The highest BCUT2D eigenvalue weighted by molar-refractivity contribution is 5.88. The molecule has 0 aliphatic rings. The molecule has 5 nitrogen and oxygen atoms in total. The number of aromatic carboxylic acids is 1. The Morgan fingerprint density at radius 3 is 2.84 bits per heavy atom. The van der Waals surface area contributed by atoms with Gasteiger partial charge in [-0.15, -0.1) is 0 Å². The SMILES string of the molecule is CCOc1oc(-c2ccc(F)c(C)c2)nc1C(=O)O. The Balaban J connectivity index is 2.47. The number of nitrogens with zero attached hydrogens (tertiary/aromatic N) is 1. The number of halogens is 1. The van der Waals surface area contributed by atoms with E-state index in [1.54, 1.807) is 13.8 Å². The Kier molecular flexibility index (Phi) is 3.50. The summed E-state index contributed by atoms with van der Waals surface area (Å²) in [5.41, 5.74) is 0.622. The molecule has 6 heteroatoms. The van der Waals surface area contributed by atoms with E-state index < -0.39 is 5.97 Å². The van der Waals surface area contributed by atoms with Gasteiger partial charge in [-0.1, -0.05) is 0 Å². The number of aryl methyl sites for hydroxylation is 1. The second-order valence-electron chi connectivity index (χ2n) is 3.86. The molecule has 2 rings (SSSR count). The monoisotopic (exact) mass is 265 g/mol. The van der Waals surface area contributed by atoms with Gasteiger partial charge < -0.3 is 14.3 Å². The van der Waals surface area contributed by atoms with Crippen molar-refractivity contribution in [3.05, 3.63) is 35.3 Å². The van der Waals surface area contributed by atoms with Crippen molar-refractivity contribution >= 4 is 5.97 Å². The molecule has 1 N–H and O–H groups in total. The number of carboxylic acid groups (broad SMARTS) is 1. The maximum absolute atomic E-state index is 13.2. The van der Waals surface area contributed by atoms with Crippen molar-refractivity contribution in [3.8, 4) is 17.4 Å². The first-order valence-electron chi connectivity index (χ1n) is 5.66. The molecule has 0 saturated heterocycles. The van der Waals surface area contributed by atoms with Gasteiger partial charge in [-0.2, -0.15) is 4.98 Å². The fraction of sp³-hybridized carbons (Fsp3) is 0.231. The van der Waals surface area contributed by atoms with Gasteiger partial charge in [0.05, 0.1) is 6.61 Å². The van der Waals surface area contributed by atoms with Crippen molar-refractivity contribution in [2.75, 3.05) is 6.61 Å². The molecule has 0 spiro atoms. The summed E-state index contributed by atoms with van der Waals surface area (Å²) in [5.74, 6) is -1.65. The molecular formula is C13H12FNO4. The molecule has 2 aromatic rings. The molecule has 0 aliphatic heterocycles. The number of rotatable bonds is 4. The van der Waals surface area contributed by atoms with Crippen LogP contribution in [0.2, 0.25) is 0 Å². The third kappa shape index (κ3) is 2.57. The van der Waals surface area contributed by atoms with Crippen LogP contribution in [-0.4, -0.2) is 22.7 Å². The molecule has 0 atom stereocenters. The zero-order valence-electron chi connectivity index (χ0n) is 10.4. The molecule has 0 amide bonds. The average Bonchev–Trinajstić information content (AvgIpc) is 2.77. The van der Waals surface area contributed by atoms with Crippen LogP contribution in [0.1, 0.15) is 23.0 Å². The number of ether oxygens (including phenoxy) is 1. The number of oxazole rings is 1. The van der Waals surface area contributed by atoms with Gasteiger partial charge in [0.1, 0.15) is 5.82 Å². The molecule has 0 saturated carbocycles. The van der Waals surface area contributed by atoms with E-state index in [2.05, 4.69) is 4.98 Å². The van der Waals surface area contributed by atoms with Crippen molar-refractivity contribution < 1.29 is 23.4 Å². The van der Waals surface area contributed by atoms with Crippen molar-refractivity contribution in [2.24, 2.45) is 0 Å². The normalized spacial score (nSPS) is 10.5.